The summed E-state index contributed by atoms with van der Waals surface area (Å²) in [4.78, 5) is 16.2. The number of rotatable bonds is 6. The number of carbonyl (C=O) groups excluding carboxylic acids is 1. The highest BCUT2D eigenvalue weighted by atomic mass is 16.2. The first-order valence-electron chi connectivity index (χ1n) is 6.90. The van der Waals surface area contributed by atoms with Gasteiger partial charge in [-0.2, -0.15) is 0 Å². The maximum absolute atomic E-state index is 11.8. The van der Waals surface area contributed by atoms with Crippen molar-refractivity contribution >= 4 is 5.91 Å². The first-order valence-corrected chi connectivity index (χ1v) is 6.90. The minimum absolute atomic E-state index is 0.304. The fourth-order valence-electron chi connectivity index (χ4n) is 2.40. The Bertz CT molecular complexity index is 229. The van der Waals surface area contributed by atoms with E-state index in [1.807, 2.05) is 18.7 Å². The molecule has 0 aromatic heterocycles. The molecule has 1 aliphatic heterocycles. The minimum atomic E-state index is 0.304. The predicted octanol–water partition coefficient (Wildman–Crippen LogP) is 0.929. The highest BCUT2D eigenvalue weighted by Gasteiger charge is 2.15. The molecule has 4 nitrogen and oxygen atoms in total. The molecule has 1 heterocycles. The maximum Gasteiger partial charge on any atom is 0.222 e. The van der Waals surface area contributed by atoms with Gasteiger partial charge in [-0.05, 0) is 33.7 Å². The smallest absolute Gasteiger partial charge is 0.222 e. The van der Waals surface area contributed by atoms with Crippen LogP contribution in [0.15, 0.2) is 0 Å². The Morgan fingerprint density at radius 2 is 2.12 bits per heavy atom. The van der Waals surface area contributed by atoms with Crippen molar-refractivity contribution in [1.29, 1.82) is 0 Å². The summed E-state index contributed by atoms with van der Waals surface area (Å²) in [5.41, 5.74) is 0. The van der Waals surface area contributed by atoms with Crippen molar-refractivity contribution in [2.75, 3.05) is 39.3 Å². The highest BCUT2D eigenvalue weighted by molar-refractivity contribution is 5.76. The lowest BCUT2D eigenvalue weighted by molar-refractivity contribution is -0.131. The summed E-state index contributed by atoms with van der Waals surface area (Å²) in [5, 5.41) is 3.43. The van der Waals surface area contributed by atoms with Gasteiger partial charge in [0.25, 0.3) is 0 Å². The first-order chi connectivity index (χ1) is 8.17. The molecule has 100 valence electrons. The zero-order valence-electron chi connectivity index (χ0n) is 11.5. The van der Waals surface area contributed by atoms with E-state index < -0.39 is 0 Å². The van der Waals surface area contributed by atoms with E-state index >= 15 is 0 Å². The zero-order chi connectivity index (χ0) is 12.7. The number of hydrogen-bond acceptors (Lipinski definition) is 3. The molecular weight excluding hydrogens is 214 g/mol. The van der Waals surface area contributed by atoms with Gasteiger partial charge in [0.1, 0.15) is 0 Å². The van der Waals surface area contributed by atoms with Gasteiger partial charge in [-0.1, -0.05) is 0 Å². The van der Waals surface area contributed by atoms with Crippen LogP contribution in [0, 0.1) is 0 Å². The van der Waals surface area contributed by atoms with Crippen molar-refractivity contribution in [2.45, 2.75) is 39.7 Å². The molecule has 0 unspecified atom stereocenters. The molecule has 1 N–H and O–H groups in total. The van der Waals surface area contributed by atoms with Crippen molar-refractivity contribution in [3.63, 3.8) is 0 Å². The van der Waals surface area contributed by atoms with Crippen LogP contribution >= 0.6 is 0 Å². The molecule has 0 radical (unpaired) electrons. The second-order valence-electron chi connectivity index (χ2n) is 4.83. The van der Waals surface area contributed by atoms with Gasteiger partial charge < -0.3 is 15.1 Å². The average molecular weight is 241 g/mol. The zero-order valence-corrected chi connectivity index (χ0v) is 11.5. The third-order valence-electron chi connectivity index (χ3n) is 3.43. The molecular formula is C13H27N3O. The number of piperazine rings is 1. The van der Waals surface area contributed by atoms with Crippen LogP contribution in [0.1, 0.15) is 33.6 Å². The number of carbonyl (C=O) groups is 1. The Balaban J connectivity index is 2.16. The second kappa shape index (κ2) is 7.67. The Hall–Kier alpha value is -0.610. The largest absolute Gasteiger partial charge is 0.343 e. The number of hydrogen-bond donors (Lipinski definition) is 1. The van der Waals surface area contributed by atoms with Crippen LogP contribution < -0.4 is 5.32 Å². The molecule has 0 saturated carbocycles. The van der Waals surface area contributed by atoms with E-state index in [1.165, 1.54) is 0 Å². The molecule has 0 aliphatic carbocycles. The normalized spacial score (nSPS) is 21.5. The Morgan fingerprint density at radius 1 is 1.41 bits per heavy atom. The van der Waals surface area contributed by atoms with Gasteiger partial charge in [-0.15, -0.1) is 0 Å². The Kier molecular flexibility index (Phi) is 6.52. The van der Waals surface area contributed by atoms with Crippen LogP contribution in [0.3, 0.4) is 0 Å². The van der Waals surface area contributed by atoms with Crippen LogP contribution in [0.5, 0.6) is 0 Å². The van der Waals surface area contributed by atoms with Gasteiger partial charge in [0, 0.05) is 45.2 Å². The van der Waals surface area contributed by atoms with Crippen molar-refractivity contribution < 1.29 is 4.79 Å². The summed E-state index contributed by atoms with van der Waals surface area (Å²) in [6.07, 6.45) is 1.68. The molecule has 1 saturated heterocycles. The highest BCUT2D eigenvalue weighted by Crippen LogP contribution is 2.03. The fourth-order valence-corrected chi connectivity index (χ4v) is 2.40. The van der Waals surface area contributed by atoms with Crippen LogP contribution in [0.4, 0.5) is 0 Å². The topological polar surface area (TPSA) is 35.6 Å². The lowest BCUT2D eigenvalue weighted by atomic mass is 10.2. The van der Waals surface area contributed by atoms with E-state index in [2.05, 4.69) is 17.1 Å². The SMILES string of the molecule is CCN(CC)C(=O)CCCN1CCN[C@H](C)C1. The summed E-state index contributed by atoms with van der Waals surface area (Å²) in [6, 6.07) is 0.585. The van der Waals surface area contributed by atoms with Crippen LogP contribution in [0.2, 0.25) is 0 Å². The summed E-state index contributed by atoms with van der Waals surface area (Å²) < 4.78 is 0. The van der Waals surface area contributed by atoms with Gasteiger partial charge in [0.15, 0.2) is 0 Å². The van der Waals surface area contributed by atoms with E-state index in [0.29, 0.717) is 18.4 Å². The minimum Gasteiger partial charge on any atom is -0.343 e. The first kappa shape index (κ1) is 14.5. The van der Waals surface area contributed by atoms with E-state index in [9.17, 15) is 4.79 Å². The van der Waals surface area contributed by atoms with Crippen LogP contribution in [-0.2, 0) is 4.79 Å². The van der Waals surface area contributed by atoms with E-state index in [0.717, 1.165) is 45.7 Å². The second-order valence-corrected chi connectivity index (χ2v) is 4.83. The van der Waals surface area contributed by atoms with E-state index in [1.54, 1.807) is 0 Å². The molecule has 0 spiro atoms. The molecule has 0 bridgehead atoms. The molecule has 1 aliphatic rings. The molecule has 17 heavy (non-hydrogen) atoms. The van der Waals surface area contributed by atoms with Gasteiger partial charge in [0.05, 0.1) is 0 Å². The quantitative estimate of drug-likeness (QED) is 0.751. The molecule has 1 fully saturated rings. The fraction of sp³-hybridized carbons (Fsp3) is 0.923. The summed E-state index contributed by atoms with van der Waals surface area (Å²) in [6.45, 7) is 12.3. The lowest BCUT2D eigenvalue weighted by Gasteiger charge is -2.31. The standard InChI is InChI=1S/C13H27N3O/c1-4-16(5-2)13(17)7-6-9-15-10-8-14-12(3)11-15/h12,14H,4-11H2,1-3H3/t12-/m1/s1. The van der Waals surface area contributed by atoms with Gasteiger partial charge in [0.2, 0.25) is 5.91 Å². The third kappa shape index (κ3) is 5.04. The van der Waals surface area contributed by atoms with Crippen molar-refractivity contribution in [2.24, 2.45) is 0 Å². The molecule has 4 heteroatoms. The van der Waals surface area contributed by atoms with Crippen molar-refractivity contribution in [1.82, 2.24) is 15.1 Å². The van der Waals surface area contributed by atoms with Gasteiger partial charge in [-0.25, -0.2) is 0 Å². The molecule has 0 aromatic rings. The Labute approximate surface area is 105 Å². The molecule has 1 atom stereocenters. The monoisotopic (exact) mass is 241 g/mol. The lowest BCUT2D eigenvalue weighted by Crippen LogP contribution is -2.49. The summed E-state index contributed by atoms with van der Waals surface area (Å²) in [5.74, 6) is 0.304. The number of amides is 1. The maximum atomic E-state index is 11.8. The van der Waals surface area contributed by atoms with E-state index in [4.69, 9.17) is 0 Å². The molecule has 1 amide bonds. The van der Waals surface area contributed by atoms with Crippen LogP contribution in [-0.4, -0.2) is 61.0 Å². The summed E-state index contributed by atoms with van der Waals surface area (Å²) in [7, 11) is 0. The van der Waals surface area contributed by atoms with Crippen molar-refractivity contribution in [3.05, 3.63) is 0 Å². The molecule has 0 aromatic carbocycles. The van der Waals surface area contributed by atoms with Crippen molar-refractivity contribution in [3.8, 4) is 0 Å². The summed E-state index contributed by atoms with van der Waals surface area (Å²) >= 11 is 0. The average Bonchev–Trinajstić information content (AvgIpc) is 2.30. The molecule has 1 rings (SSSR count). The van der Waals surface area contributed by atoms with Gasteiger partial charge >= 0.3 is 0 Å². The third-order valence-corrected chi connectivity index (χ3v) is 3.43. The van der Waals surface area contributed by atoms with E-state index in [-0.39, 0.29) is 0 Å². The number of nitrogens with one attached hydrogen (secondary N) is 1. The predicted molar refractivity (Wildman–Crippen MR) is 71.1 cm³/mol. The Morgan fingerprint density at radius 3 is 2.71 bits per heavy atom. The number of nitrogens with zero attached hydrogens (tertiary/aromatic N) is 2. The van der Waals surface area contributed by atoms with Crippen LogP contribution in [0.25, 0.3) is 0 Å². The van der Waals surface area contributed by atoms with Gasteiger partial charge in [-0.3, -0.25) is 4.79 Å².